The Morgan fingerprint density at radius 2 is 1.71 bits per heavy atom. The lowest BCUT2D eigenvalue weighted by Crippen LogP contribution is -1.86. The number of hydrogen-bond acceptors (Lipinski definition) is 1. The first-order valence-electron chi connectivity index (χ1n) is 4.65. The molecule has 74 valence electrons. The van der Waals surface area contributed by atoms with E-state index in [1.54, 1.807) is 6.20 Å². The lowest BCUT2D eigenvalue weighted by Gasteiger charge is -1.87. The van der Waals surface area contributed by atoms with Gasteiger partial charge in [0, 0.05) is 19.4 Å². The number of hydrogen-bond donors (Lipinski definition) is 0. The number of nitrogens with zero attached hydrogens (tertiary/aromatic N) is 2. The first kappa shape index (κ1) is 10.5. The number of benzene rings is 1. The number of rotatable bonds is 0. The molecule has 0 aliphatic rings. The maximum Gasteiger partial charge on any atom is 0.105 e. The van der Waals surface area contributed by atoms with Crippen molar-refractivity contribution in [3.8, 4) is 0 Å². The molecular formula is C12H16N2. The fourth-order valence-corrected chi connectivity index (χ4v) is 0.975. The molecule has 2 heteroatoms. The Hall–Kier alpha value is -1.57. The summed E-state index contributed by atoms with van der Waals surface area (Å²) in [4.78, 5) is 3.98. The maximum absolute atomic E-state index is 3.98. The van der Waals surface area contributed by atoms with Crippen LogP contribution in [0.1, 0.15) is 11.4 Å². The Kier molecular flexibility index (Phi) is 3.92. The smallest absolute Gasteiger partial charge is 0.105 e. The minimum absolute atomic E-state index is 1.06. The second-order valence-corrected chi connectivity index (χ2v) is 3.24. The van der Waals surface area contributed by atoms with E-state index in [2.05, 4.69) is 24.0 Å². The zero-order valence-corrected chi connectivity index (χ0v) is 8.94. The number of aryl methyl sites for hydroxylation is 3. The Labute approximate surface area is 85.2 Å². The van der Waals surface area contributed by atoms with Crippen LogP contribution in [0.15, 0.2) is 42.7 Å². The molecule has 0 saturated heterocycles. The third-order valence-electron chi connectivity index (χ3n) is 2.00. The standard InChI is InChI=1S/C7H8.C5H8N2/c1-7-5-3-2-4-6-7;1-5-6-3-4-7(5)2/h2-6H,1H3;3-4H,1-2H3. The lowest BCUT2D eigenvalue weighted by atomic mass is 10.2. The summed E-state index contributed by atoms with van der Waals surface area (Å²) in [6.07, 6.45) is 3.71. The predicted molar refractivity (Wildman–Crippen MR) is 59.1 cm³/mol. The van der Waals surface area contributed by atoms with Crippen molar-refractivity contribution in [2.45, 2.75) is 13.8 Å². The molecule has 0 atom stereocenters. The topological polar surface area (TPSA) is 17.8 Å². The van der Waals surface area contributed by atoms with Gasteiger partial charge in [-0.25, -0.2) is 4.98 Å². The van der Waals surface area contributed by atoms with Crippen LogP contribution in [-0.4, -0.2) is 9.55 Å². The summed E-state index contributed by atoms with van der Waals surface area (Å²) in [7, 11) is 1.97. The van der Waals surface area contributed by atoms with Crippen molar-refractivity contribution in [2.75, 3.05) is 0 Å². The fourth-order valence-electron chi connectivity index (χ4n) is 0.975. The summed E-state index contributed by atoms with van der Waals surface area (Å²) in [6, 6.07) is 10.3. The quantitative estimate of drug-likeness (QED) is 0.621. The molecule has 2 nitrogen and oxygen atoms in total. The minimum Gasteiger partial charge on any atom is -0.338 e. The molecule has 0 aliphatic heterocycles. The Bertz CT molecular complexity index is 346. The van der Waals surface area contributed by atoms with E-state index >= 15 is 0 Å². The summed E-state index contributed by atoms with van der Waals surface area (Å²) in [6.45, 7) is 4.06. The van der Waals surface area contributed by atoms with Gasteiger partial charge in [-0.1, -0.05) is 35.9 Å². The Balaban J connectivity index is 0.000000140. The van der Waals surface area contributed by atoms with Gasteiger partial charge >= 0.3 is 0 Å². The van der Waals surface area contributed by atoms with Gasteiger partial charge in [-0.2, -0.15) is 0 Å². The molecule has 0 radical (unpaired) electrons. The van der Waals surface area contributed by atoms with Crippen molar-refractivity contribution in [3.63, 3.8) is 0 Å². The van der Waals surface area contributed by atoms with Crippen molar-refractivity contribution in [2.24, 2.45) is 7.05 Å². The molecule has 0 amide bonds. The van der Waals surface area contributed by atoms with Crippen LogP contribution in [0.2, 0.25) is 0 Å². The highest BCUT2D eigenvalue weighted by molar-refractivity contribution is 5.11. The van der Waals surface area contributed by atoms with Gasteiger partial charge in [0.1, 0.15) is 5.82 Å². The van der Waals surface area contributed by atoms with Crippen LogP contribution in [-0.2, 0) is 7.05 Å². The second-order valence-electron chi connectivity index (χ2n) is 3.24. The van der Waals surface area contributed by atoms with E-state index in [1.165, 1.54) is 5.56 Å². The van der Waals surface area contributed by atoms with Gasteiger partial charge in [-0.05, 0) is 13.8 Å². The minimum atomic E-state index is 1.06. The molecule has 1 heterocycles. The zero-order chi connectivity index (χ0) is 10.4. The van der Waals surface area contributed by atoms with Crippen LogP contribution in [0.25, 0.3) is 0 Å². The van der Waals surface area contributed by atoms with E-state index in [0.29, 0.717) is 0 Å². The largest absolute Gasteiger partial charge is 0.338 e. The number of imidazole rings is 1. The molecule has 1 aromatic carbocycles. The SMILES string of the molecule is Cc1ccccc1.Cc1nccn1C. The van der Waals surface area contributed by atoms with Gasteiger partial charge in [0.05, 0.1) is 0 Å². The molecule has 0 saturated carbocycles. The monoisotopic (exact) mass is 188 g/mol. The van der Waals surface area contributed by atoms with E-state index < -0.39 is 0 Å². The molecule has 0 fully saturated rings. The average Bonchev–Trinajstić information content (AvgIpc) is 2.53. The van der Waals surface area contributed by atoms with Crippen LogP contribution >= 0.6 is 0 Å². The predicted octanol–water partition coefficient (Wildman–Crippen LogP) is 2.72. The molecule has 1 aromatic heterocycles. The highest BCUT2D eigenvalue weighted by atomic mass is 15.0. The van der Waals surface area contributed by atoms with Crippen molar-refractivity contribution in [1.29, 1.82) is 0 Å². The van der Waals surface area contributed by atoms with Crippen LogP contribution in [0.3, 0.4) is 0 Å². The van der Waals surface area contributed by atoms with E-state index in [4.69, 9.17) is 0 Å². The van der Waals surface area contributed by atoms with Crippen molar-refractivity contribution in [3.05, 3.63) is 54.1 Å². The van der Waals surface area contributed by atoms with E-state index in [9.17, 15) is 0 Å². The van der Waals surface area contributed by atoms with Crippen LogP contribution in [0, 0.1) is 13.8 Å². The molecule has 0 spiro atoms. The third-order valence-corrected chi connectivity index (χ3v) is 2.00. The first-order chi connectivity index (χ1) is 6.70. The van der Waals surface area contributed by atoms with Crippen LogP contribution in [0.5, 0.6) is 0 Å². The van der Waals surface area contributed by atoms with Crippen molar-refractivity contribution >= 4 is 0 Å². The summed E-state index contributed by atoms with van der Waals surface area (Å²) in [5.41, 5.74) is 1.32. The molecule has 2 rings (SSSR count). The van der Waals surface area contributed by atoms with Gasteiger partial charge in [0.2, 0.25) is 0 Å². The third kappa shape index (κ3) is 3.44. The highest BCUT2D eigenvalue weighted by Crippen LogP contribution is 1.92. The van der Waals surface area contributed by atoms with Crippen LogP contribution in [0.4, 0.5) is 0 Å². The van der Waals surface area contributed by atoms with E-state index in [0.717, 1.165) is 5.82 Å². The summed E-state index contributed by atoms with van der Waals surface area (Å²) in [5.74, 6) is 1.06. The Morgan fingerprint density at radius 3 is 1.93 bits per heavy atom. The molecule has 0 aliphatic carbocycles. The molecule has 0 unspecified atom stereocenters. The average molecular weight is 188 g/mol. The van der Waals surface area contributed by atoms with Gasteiger partial charge in [0.25, 0.3) is 0 Å². The van der Waals surface area contributed by atoms with Gasteiger partial charge in [0.15, 0.2) is 0 Å². The van der Waals surface area contributed by atoms with Gasteiger partial charge in [-0.15, -0.1) is 0 Å². The van der Waals surface area contributed by atoms with E-state index in [-0.39, 0.29) is 0 Å². The van der Waals surface area contributed by atoms with E-state index in [1.807, 2.05) is 42.9 Å². The normalized spacial score (nSPS) is 9.07. The first-order valence-corrected chi connectivity index (χ1v) is 4.65. The molecule has 0 N–H and O–H groups in total. The number of aromatic nitrogens is 2. The van der Waals surface area contributed by atoms with Crippen molar-refractivity contribution < 1.29 is 0 Å². The molecule has 0 bridgehead atoms. The van der Waals surface area contributed by atoms with Crippen LogP contribution < -0.4 is 0 Å². The lowest BCUT2D eigenvalue weighted by molar-refractivity contribution is 0.858. The zero-order valence-electron chi connectivity index (χ0n) is 8.94. The second kappa shape index (κ2) is 5.22. The maximum atomic E-state index is 3.98. The highest BCUT2D eigenvalue weighted by Gasteiger charge is 1.83. The molecule has 14 heavy (non-hydrogen) atoms. The van der Waals surface area contributed by atoms with Gasteiger partial charge in [-0.3, -0.25) is 0 Å². The summed E-state index contributed by atoms with van der Waals surface area (Å²) < 4.78 is 1.97. The Morgan fingerprint density at radius 1 is 1.07 bits per heavy atom. The fraction of sp³-hybridized carbons (Fsp3) is 0.250. The summed E-state index contributed by atoms with van der Waals surface area (Å²) in [5, 5.41) is 0. The molecular weight excluding hydrogens is 172 g/mol. The molecule has 2 aromatic rings. The summed E-state index contributed by atoms with van der Waals surface area (Å²) >= 11 is 0. The van der Waals surface area contributed by atoms with Gasteiger partial charge < -0.3 is 4.57 Å². The van der Waals surface area contributed by atoms with Crippen molar-refractivity contribution in [1.82, 2.24) is 9.55 Å².